The third kappa shape index (κ3) is 2.92. The van der Waals surface area contributed by atoms with Crippen molar-refractivity contribution in [2.45, 2.75) is 51.2 Å². The SMILES string of the molecule is CCCC(=O)O[C@H]1CCC[C@@H]1N=[N+]=[N-]. The molecule has 2 atom stereocenters. The smallest absolute Gasteiger partial charge is 0.306 e. The maximum absolute atomic E-state index is 11.2. The zero-order chi connectivity index (χ0) is 10.4. The van der Waals surface area contributed by atoms with Gasteiger partial charge in [0.2, 0.25) is 0 Å². The lowest BCUT2D eigenvalue weighted by Gasteiger charge is -2.15. The van der Waals surface area contributed by atoms with Crippen LogP contribution in [0.2, 0.25) is 0 Å². The first-order valence-electron chi connectivity index (χ1n) is 5.01. The van der Waals surface area contributed by atoms with Gasteiger partial charge >= 0.3 is 5.97 Å². The molecule has 1 rings (SSSR count). The Bertz CT molecular complexity index is 248. The van der Waals surface area contributed by atoms with Crippen molar-refractivity contribution in [2.24, 2.45) is 5.11 Å². The second-order valence-corrected chi connectivity index (χ2v) is 3.48. The Labute approximate surface area is 83.1 Å². The molecule has 0 aromatic carbocycles. The second kappa shape index (κ2) is 5.50. The summed E-state index contributed by atoms with van der Waals surface area (Å²) < 4.78 is 5.21. The first-order valence-corrected chi connectivity index (χ1v) is 5.01. The van der Waals surface area contributed by atoms with Crippen LogP contribution in [0.15, 0.2) is 5.11 Å². The van der Waals surface area contributed by atoms with Gasteiger partial charge in [0.25, 0.3) is 0 Å². The minimum Gasteiger partial charge on any atom is -0.462 e. The van der Waals surface area contributed by atoms with Crippen molar-refractivity contribution in [3.05, 3.63) is 10.4 Å². The van der Waals surface area contributed by atoms with E-state index in [-0.39, 0.29) is 18.1 Å². The molecule has 0 N–H and O–H groups in total. The number of carbonyl (C=O) groups is 1. The van der Waals surface area contributed by atoms with Crippen molar-refractivity contribution in [3.63, 3.8) is 0 Å². The fourth-order valence-electron chi connectivity index (χ4n) is 1.67. The molecule has 0 heterocycles. The van der Waals surface area contributed by atoms with Crippen molar-refractivity contribution < 1.29 is 9.53 Å². The van der Waals surface area contributed by atoms with Crippen LogP contribution in [0.5, 0.6) is 0 Å². The van der Waals surface area contributed by atoms with Gasteiger partial charge in [-0.05, 0) is 31.2 Å². The van der Waals surface area contributed by atoms with Crippen LogP contribution in [-0.4, -0.2) is 18.1 Å². The molecule has 5 heteroatoms. The molecule has 78 valence electrons. The molecule has 0 amide bonds. The molecular weight excluding hydrogens is 182 g/mol. The van der Waals surface area contributed by atoms with Crippen LogP contribution in [-0.2, 0) is 9.53 Å². The van der Waals surface area contributed by atoms with Crippen LogP contribution < -0.4 is 0 Å². The Kier molecular flexibility index (Phi) is 4.26. The average molecular weight is 197 g/mol. The zero-order valence-corrected chi connectivity index (χ0v) is 8.35. The van der Waals surface area contributed by atoms with Crippen molar-refractivity contribution in [1.29, 1.82) is 0 Å². The summed E-state index contributed by atoms with van der Waals surface area (Å²) in [5.41, 5.74) is 8.30. The lowest BCUT2D eigenvalue weighted by atomic mass is 10.2. The summed E-state index contributed by atoms with van der Waals surface area (Å²) >= 11 is 0. The minimum absolute atomic E-state index is 0.152. The van der Waals surface area contributed by atoms with Gasteiger partial charge < -0.3 is 4.74 Å². The first-order chi connectivity index (χ1) is 6.77. The van der Waals surface area contributed by atoms with Crippen molar-refractivity contribution in [1.82, 2.24) is 0 Å². The Morgan fingerprint density at radius 3 is 3.07 bits per heavy atom. The van der Waals surface area contributed by atoms with Gasteiger partial charge in [-0.25, -0.2) is 0 Å². The highest BCUT2D eigenvalue weighted by Crippen LogP contribution is 2.25. The van der Waals surface area contributed by atoms with Gasteiger partial charge in [-0.1, -0.05) is 12.0 Å². The second-order valence-electron chi connectivity index (χ2n) is 3.48. The number of hydrogen-bond acceptors (Lipinski definition) is 3. The Morgan fingerprint density at radius 2 is 2.43 bits per heavy atom. The van der Waals surface area contributed by atoms with E-state index in [1.807, 2.05) is 6.92 Å². The van der Waals surface area contributed by atoms with E-state index in [4.69, 9.17) is 10.3 Å². The number of hydrogen-bond donors (Lipinski definition) is 0. The van der Waals surface area contributed by atoms with E-state index in [0.717, 1.165) is 25.7 Å². The van der Waals surface area contributed by atoms with Crippen LogP contribution >= 0.6 is 0 Å². The topological polar surface area (TPSA) is 75.1 Å². The maximum Gasteiger partial charge on any atom is 0.306 e. The Hall–Kier alpha value is -1.22. The third-order valence-electron chi connectivity index (χ3n) is 2.35. The number of azide groups is 1. The van der Waals surface area contributed by atoms with Gasteiger partial charge in [0.1, 0.15) is 6.10 Å². The number of ether oxygens (including phenoxy) is 1. The summed E-state index contributed by atoms with van der Waals surface area (Å²) in [4.78, 5) is 13.9. The highest BCUT2D eigenvalue weighted by Gasteiger charge is 2.29. The number of carbonyl (C=O) groups excluding carboxylic acids is 1. The van der Waals surface area contributed by atoms with Gasteiger partial charge in [0.05, 0.1) is 6.04 Å². The van der Waals surface area contributed by atoms with Crippen LogP contribution in [0.25, 0.3) is 10.4 Å². The summed E-state index contributed by atoms with van der Waals surface area (Å²) in [6.45, 7) is 1.93. The van der Waals surface area contributed by atoms with Crippen LogP contribution in [0, 0.1) is 0 Å². The predicted molar refractivity (Wildman–Crippen MR) is 51.6 cm³/mol. The minimum atomic E-state index is -0.190. The maximum atomic E-state index is 11.2. The largest absolute Gasteiger partial charge is 0.462 e. The molecular formula is C9H15N3O2. The molecule has 1 aliphatic rings. The van der Waals surface area contributed by atoms with E-state index in [1.165, 1.54) is 0 Å². The van der Waals surface area contributed by atoms with Crippen LogP contribution in [0.4, 0.5) is 0 Å². The fourth-order valence-corrected chi connectivity index (χ4v) is 1.67. The van der Waals surface area contributed by atoms with Crippen LogP contribution in [0.1, 0.15) is 39.0 Å². The first kappa shape index (κ1) is 10.9. The number of rotatable bonds is 4. The molecule has 0 radical (unpaired) electrons. The van der Waals surface area contributed by atoms with Crippen molar-refractivity contribution in [3.8, 4) is 0 Å². The highest BCUT2D eigenvalue weighted by atomic mass is 16.5. The Morgan fingerprint density at radius 1 is 1.64 bits per heavy atom. The molecule has 5 nitrogen and oxygen atoms in total. The molecule has 14 heavy (non-hydrogen) atoms. The summed E-state index contributed by atoms with van der Waals surface area (Å²) in [6.07, 6.45) is 3.66. The molecule has 0 aliphatic heterocycles. The lowest BCUT2D eigenvalue weighted by Crippen LogP contribution is -2.24. The average Bonchev–Trinajstić information content (AvgIpc) is 2.54. The normalized spacial score (nSPS) is 25.5. The third-order valence-corrected chi connectivity index (χ3v) is 2.35. The number of nitrogens with zero attached hydrogens (tertiary/aromatic N) is 3. The van der Waals surface area contributed by atoms with Gasteiger partial charge in [0.15, 0.2) is 0 Å². The van der Waals surface area contributed by atoms with Crippen molar-refractivity contribution in [2.75, 3.05) is 0 Å². The molecule has 0 aromatic heterocycles. The van der Waals surface area contributed by atoms with E-state index in [2.05, 4.69) is 10.0 Å². The van der Waals surface area contributed by atoms with E-state index >= 15 is 0 Å². The molecule has 0 bridgehead atoms. The molecule has 1 fully saturated rings. The summed E-state index contributed by atoms with van der Waals surface area (Å²) in [6, 6.07) is -0.152. The zero-order valence-electron chi connectivity index (χ0n) is 8.35. The van der Waals surface area contributed by atoms with Gasteiger partial charge in [-0.2, -0.15) is 0 Å². The predicted octanol–water partition coefficient (Wildman–Crippen LogP) is 2.56. The standard InChI is InChI=1S/C9H15N3O2/c1-2-4-9(13)14-8-6-3-5-7(8)11-12-10/h7-8H,2-6H2,1H3/t7-,8-/m0/s1. The molecule has 0 unspecified atom stereocenters. The molecule has 0 spiro atoms. The summed E-state index contributed by atoms with van der Waals surface area (Å²) in [5.74, 6) is -0.183. The van der Waals surface area contributed by atoms with Crippen LogP contribution in [0.3, 0.4) is 0 Å². The molecule has 0 aromatic rings. The van der Waals surface area contributed by atoms with E-state index < -0.39 is 0 Å². The lowest BCUT2D eigenvalue weighted by molar-refractivity contribution is -0.149. The van der Waals surface area contributed by atoms with E-state index in [9.17, 15) is 4.79 Å². The van der Waals surface area contributed by atoms with Gasteiger partial charge in [-0.3, -0.25) is 4.79 Å². The summed E-state index contributed by atoms with van der Waals surface area (Å²) in [7, 11) is 0. The molecule has 1 aliphatic carbocycles. The summed E-state index contributed by atoms with van der Waals surface area (Å²) in [5, 5.41) is 3.62. The molecule has 0 saturated heterocycles. The monoisotopic (exact) mass is 197 g/mol. The molecule has 1 saturated carbocycles. The quantitative estimate of drug-likeness (QED) is 0.300. The fraction of sp³-hybridized carbons (Fsp3) is 0.889. The van der Waals surface area contributed by atoms with E-state index in [1.54, 1.807) is 0 Å². The van der Waals surface area contributed by atoms with E-state index in [0.29, 0.717) is 6.42 Å². The van der Waals surface area contributed by atoms with Gasteiger partial charge in [0, 0.05) is 11.3 Å². The highest BCUT2D eigenvalue weighted by molar-refractivity contribution is 5.69. The number of esters is 1. The van der Waals surface area contributed by atoms with Crippen molar-refractivity contribution >= 4 is 5.97 Å². The Balaban J connectivity index is 2.42. The van der Waals surface area contributed by atoms with Gasteiger partial charge in [-0.15, -0.1) is 0 Å².